The molecule has 5 heteroatoms. The monoisotopic (exact) mass is 260 g/mol. The standard InChI is InChI=1S/C12H5ClF4/c13-12-9(16)4-6(5-10(12)17)11-7(14)2-1-3-8(11)15/h1-5H. The molecule has 0 spiro atoms. The maximum absolute atomic E-state index is 13.4. The quantitative estimate of drug-likeness (QED) is 0.521. The first kappa shape index (κ1) is 11.9. The van der Waals surface area contributed by atoms with Gasteiger partial charge < -0.3 is 0 Å². The largest absolute Gasteiger partial charge is 0.206 e. The Labute approximate surface area is 99.5 Å². The van der Waals surface area contributed by atoms with Gasteiger partial charge in [0.15, 0.2) is 0 Å². The van der Waals surface area contributed by atoms with E-state index in [-0.39, 0.29) is 5.56 Å². The van der Waals surface area contributed by atoms with Gasteiger partial charge in [0.1, 0.15) is 28.3 Å². The molecule has 0 saturated carbocycles. The Morgan fingerprint density at radius 3 is 1.71 bits per heavy atom. The highest BCUT2D eigenvalue weighted by molar-refractivity contribution is 6.31. The Kier molecular flexibility index (Phi) is 3.07. The summed E-state index contributed by atoms with van der Waals surface area (Å²) in [6.45, 7) is 0. The SMILES string of the molecule is Fc1cc(-c2c(F)cccc2F)cc(F)c1Cl. The molecule has 88 valence electrons. The minimum atomic E-state index is -1.07. The van der Waals surface area contributed by atoms with Crippen LogP contribution in [0.15, 0.2) is 30.3 Å². The smallest absolute Gasteiger partial charge is 0.145 e. The van der Waals surface area contributed by atoms with Gasteiger partial charge in [0.25, 0.3) is 0 Å². The molecule has 17 heavy (non-hydrogen) atoms. The van der Waals surface area contributed by atoms with Gasteiger partial charge in [0.2, 0.25) is 0 Å². The van der Waals surface area contributed by atoms with E-state index in [1.54, 1.807) is 0 Å². The molecule has 2 rings (SSSR count). The Balaban J connectivity index is 2.69. The summed E-state index contributed by atoms with van der Waals surface area (Å²) in [5.74, 6) is -3.93. The van der Waals surface area contributed by atoms with Crippen LogP contribution in [0.4, 0.5) is 17.6 Å². The fourth-order valence-electron chi connectivity index (χ4n) is 1.47. The van der Waals surface area contributed by atoms with Gasteiger partial charge in [-0.1, -0.05) is 17.7 Å². The second-order valence-corrected chi connectivity index (χ2v) is 3.73. The van der Waals surface area contributed by atoms with E-state index in [0.29, 0.717) is 0 Å². The maximum atomic E-state index is 13.4. The number of hydrogen-bond donors (Lipinski definition) is 0. The Morgan fingerprint density at radius 1 is 0.765 bits per heavy atom. The highest BCUT2D eigenvalue weighted by Gasteiger charge is 2.15. The number of rotatable bonds is 1. The molecule has 0 fully saturated rings. The summed E-state index contributed by atoms with van der Waals surface area (Å²) in [6.07, 6.45) is 0. The van der Waals surface area contributed by atoms with Crippen LogP contribution >= 0.6 is 11.6 Å². The minimum absolute atomic E-state index is 0.236. The third kappa shape index (κ3) is 2.13. The molecule has 0 amide bonds. The van der Waals surface area contributed by atoms with Gasteiger partial charge in [-0.25, -0.2) is 17.6 Å². The predicted octanol–water partition coefficient (Wildman–Crippen LogP) is 4.56. The van der Waals surface area contributed by atoms with Crippen molar-refractivity contribution in [1.29, 1.82) is 0 Å². The lowest BCUT2D eigenvalue weighted by Crippen LogP contribution is -1.93. The van der Waals surface area contributed by atoms with Crippen molar-refractivity contribution < 1.29 is 17.6 Å². The van der Waals surface area contributed by atoms with Crippen LogP contribution in [0.3, 0.4) is 0 Å². The zero-order chi connectivity index (χ0) is 12.6. The van der Waals surface area contributed by atoms with E-state index in [2.05, 4.69) is 0 Å². The number of hydrogen-bond acceptors (Lipinski definition) is 0. The van der Waals surface area contributed by atoms with Crippen LogP contribution in [0.1, 0.15) is 0 Å². The van der Waals surface area contributed by atoms with Crippen molar-refractivity contribution in [1.82, 2.24) is 0 Å². The van der Waals surface area contributed by atoms with Crippen LogP contribution in [0.25, 0.3) is 11.1 Å². The molecule has 0 aliphatic rings. The first-order chi connectivity index (χ1) is 8.00. The van der Waals surface area contributed by atoms with Crippen LogP contribution < -0.4 is 0 Å². The lowest BCUT2D eigenvalue weighted by molar-refractivity contribution is 0.578. The normalized spacial score (nSPS) is 10.6. The average molecular weight is 261 g/mol. The topological polar surface area (TPSA) is 0 Å². The predicted molar refractivity (Wildman–Crippen MR) is 56.7 cm³/mol. The van der Waals surface area contributed by atoms with Crippen molar-refractivity contribution in [2.24, 2.45) is 0 Å². The maximum Gasteiger partial charge on any atom is 0.145 e. The number of halogens is 5. The highest BCUT2D eigenvalue weighted by atomic mass is 35.5. The summed E-state index contributed by atoms with van der Waals surface area (Å²) < 4.78 is 53.1. The highest BCUT2D eigenvalue weighted by Crippen LogP contribution is 2.30. The first-order valence-corrected chi connectivity index (χ1v) is 4.97. The van der Waals surface area contributed by atoms with Crippen molar-refractivity contribution in [2.45, 2.75) is 0 Å². The van der Waals surface area contributed by atoms with Gasteiger partial charge in [0, 0.05) is 0 Å². The van der Waals surface area contributed by atoms with E-state index in [1.807, 2.05) is 0 Å². The van der Waals surface area contributed by atoms with Crippen LogP contribution in [0.2, 0.25) is 5.02 Å². The third-order valence-corrected chi connectivity index (χ3v) is 2.60. The van der Waals surface area contributed by atoms with E-state index < -0.39 is 33.9 Å². The van der Waals surface area contributed by atoms with Crippen molar-refractivity contribution in [3.8, 4) is 11.1 Å². The Bertz CT molecular complexity index is 537. The van der Waals surface area contributed by atoms with Crippen LogP contribution in [-0.2, 0) is 0 Å². The molecule has 0 aromatic heterocycles. The zero-order valence-electron chi connectivity index (χ0n) is 8.28. The molecule has 0 radical (unpaired) electrons. The molecule has 0 bridgehead atoms. The van der Waals surface area contributed by atoms with E-state index in [0.717, 1.165) is 30.3 Å². The van der Waals surface area contributed by atoms with Crippen molar-refractivity contribution >= 4 is 11.6 Å². The molecule has 2 aromatic carbocycles. The fraction of sp³-hybridized carbons (Fsp3) is 0. The summed E-state index contributed by atoms with van der Waals surface area (Å²) in [5, 5.41) is -0.703. The van der Waals surface area contributed by atoms with Gasteiger partial charge in [-0.3, -0.25) is 0 Å². The molecule has 0 nitrogen and oxygen atoms in total. The van der Waals surface area contributed by atoms with Crippen LogP contribution in [-0.4, -0.2) is 0 Å². The molecule has 2 aromatic rings. The van der Waals surface area contributed by atoms with Crippen LogP contribution in [0, 0.1) is 23.3 Å². The van der Waals surface area contributed by atoms with E-state index >= 15 is 0 Å². The van der Waals surface area contributed by atoms with Gasteiger partial charge >= 0.3 is 0 Å². The molecular weight excluding hydrogens is 256 g/mol. The molecule has 0 atom stereocenters. The molecule has 0 aliphatic heterocycles. The van der Waals surface area contributed by atoms with Gasteiger partial charge in [-0.15, -0.1) is 0 Å². The summed E-state index contributed by atoms with van der Waals surface area (Å²) in [4.78, 5) is 0. The van der Waals surface area contributed by atoms with Gasteiger partial charge in [-0.2, -0.15) is 0 Å². The van der Waals surface area contributed by atoms with Gasteiger partial charge in [-0.05, 0) is 29.8 Å². The Morgan fingerprint density at radius 2 is 1.24 bits per heavy atom. The molecule has 0 aliphatic carbocycles. The summed E-state index contributed by atoms with van der Waals surface area (Å²) >= 11 is 5.28. The summed E-state index contributed by atoms with van der Waals surface area (Å²) in [7, 11) is 0. The minimum Gasteiger partial charge on any atom is -0.206 e. The fourth-order valence-corrected chi connectivity index (χ4v) is 1.58. The molecule has 0 saturated heterocycles. The first-order valence-electron chi connectivity index (χ1n) is 4.59. The second kappa shape index (κ2) is 4.37. The third-order valence-electron chi connectivity index (χ3n) is 2.24. The van der Waals surface area contributed by atoms with E-state index in [1.165, 1.54) is 0 Å². The van der Waals surface area contributed by atoms with Gasteiger partial charge in [0.05, 0.1) is 5.56 Å². The lowest BCUT2D eigenvalue weighted by atomic mass is 10.0. The number of benzene rings is 2. The Hall–Kier alpha value is -1.55. The summed E-state index contributed by atoms with van der Waals surface area (Å²) in [5.41, 5.74) is -0.720. The molecule has 0 N–H and O–H groups in total. The second-order valence-electron chi connectivity index (χ2n) is 3.35. The molecule has 0 unspecified atom stereocenters. The van der Waals surface area contributed by atoms with E-state index in [9.17, 15) is 17.6 Å². The van der Waals surface area contributed by atoms with Crippen molar-refractivity contribution in [3.05, 3.63) is 58.6 Å². The van der Waals surface area contributed by atoms with Crippen molar-refractivity contribution in [2.75, 3.05) is 0 Å². The average Bonchev–Trinajstić information content (AvgIpc) is 2.25. The lowest BCUT2D eigenvalue weighted by Gasteiger charge is -2.06. The molecule has 0 heterocycles. The molecular formula is C12H5ClF4. The van der Waals surface area contributed by atoms with Crippen LogP contribution in [0.5, 0.6) is 0 Å². The van der Waals surface area contributed by atoms with Crippen molar-refractivity contribution in [3.63, 3.8) is 0 Å². The van der Waals surface area contributed by atoms with E-state index in [4.69, 9.17) is 11.6 Å². The zero-order valence-corrected chi connectivity index (χ0v) is 9.03. The summed E-state index contributed by atoms with van der Waals surface area (Å²) in [6, 6.07) is 4.74.